The van der Waals surface area contributed by atoms with E-state index < -0.39 is 36.9 Å². The summed E-state index contributed by atoms with van der Waals surface area (Å²) < 4.78 is 4.51. The van der Waals surface area contributed by atoms with Crippen LogP contribution in [0.15, 0.2) is 0 Å². The Balaban J connectivity index is 3.64. The third kappa shape index (κ3) is 10.9. The van der Waals surface area contributed by atoms with Gasteiger partial charge in [-0.2, -0.15) is 0 Å². The van der Waals surface area contributed by atoms with Crippen molar-refractivity contribution in [1.82, 2.24) is 16.1 Å². The minimum atomic E-state index is -1.20. The second kappa shape index (κ2) is 10.7. The lowest BCUT2D eigenvalue weighted by molar-refractivity contribution is -0.143. The lowest BCUT2D eigenvalue weighted by atomic mass is 10.5. The standard InChI is InChI=1S/C10H17N3O7/c1-2-20-13-8(15)4-11-7(14)3-12-9(16)5-19-6-10(17)18/h2-6H2,1H3,(H,11,14)(H,12,16)(H,13,15)(H,17,18). The van der Waals surface area contributed by atoms with Gasteiger partial charge in [-0.05, 0) is 6.92 Å². The van der Waals surface area contributed by atoms with Crippen LogP contribution in [-0.4, -0.2) is 61.7 Å². The first kappa shape index (κ1) is 17.8. The van der Waals surface area contributed by atoms with Gasteiger partial charge in [-0.25, -0.2) is 10.3 Å². The summed E-state index contributed by atoms with van der Waals surface area (Å²) in [6.07, 6.45) is 0. The number of hydrogen-bond donors (Lipinski definition) is 4. The van der Waals surface area contributed by atoms with Crippen molar-refractivity contribution >= 4 is 23.7 Å². The first-order valence-corrected chi connectivity index (χ1v) is 5.69. The maximum atomic E-state index is 11.2. The van der Waals surface area contributed by atoms with Crippen LogP contribution in [0.4, 0.5) is 0 Å². The molecule has 0 aliphatic rings. The largest absolute Gasteiger partial charge is 0.480 e. The summed E-state index contributed by atoms with van der Waals surface area (Å²) in [5, 5.41) is 12.7. The van der Waals surface area contributed by atoms with Crippen molar-refractivity contribution in [3.8, 4) is 0 Å². The summed E-state index contributed by atoms with van der Waals surface area (Å²) in [5.41, 5.74) is 2.07. The second-order valence-corrected chi connectivity index (χ2v) is 3.40. The number of carboxylic acids is 1. The molecule has 0 aromatic heterocycles. The smallest absolute Gasteiger partial charge is 0.329 e. The number of carbonyl (C=O) groups excluding carboxylic acids is 3. The van der Waals surface area contributed by atoms with Crippen molar-refractivity contribution < 1.29 is 33.9 Å². The lowest BCUT2D eigenvalue weighted by Crippen LogP contribution is -2.42. The van der Waals surface area contributed by atoms with Gasteiger partial charge in [-0.15, -0.1) is 0 Å². The highest BCUT2D eigenvalue weighted by Gasteiger charge is 2.08. The Morgan fingerprint density at radius 2 is 1.55 bits per heavy atom. The molecule has 0 atom stereocenters. The molecule has 0 aliphatic heterocycles. The van der Waals surface area contributed by atoms with Crippen LogP contribution in [0.25, 0.3) is 0 Å². The topological polar surface area (TPSA) is 143 Å². The average Bonchev–Trinajstić information content (AvgIpc) is 2.40. The van der Waals surface area contributed by atoms with E-state index in [0.717, 1.165) is 0 Å². The van der Waals surface area contributed by atoms with E-state index in [2.05, 4.69) is 25.7 Å². The van der Waals surface area contributed by atoms with E-state index in [-0.39, 0.29) is 13.1 Å². The van der Waals surface area contributed by atoms with Crippen molar-refractivity contribution in [3.63, 3.8) is 0 Å². The van der Waals surface area contributed by atoms with Crippen LogP contribution >= 0.6 is 0 Å². The van der Waals surface area contributed by atoms with Gasteiger partial charge in [-0.3, -0.25) is 19.2 Å². The molecule has 0 heterocycles. The van der Waals surface area contributed by atoms with Crippen molar-refractivity contribution in [2.45, 2.75) is 6.92 Å². The first-order chi connectivity index (χ1) is 9.45. The number of nitrogens with one attached hydrogen (secondary N) is 3. The molecule has 0 spiro atoms. The Kier molecular flexibility index (Phi) is 9.52. The van der Waals surface area contributed by atoms with E-state index in [1.165, 1.54) is 0 Å². The number of carbonyl (C=O) groups is 4. The van der Waals surface area contributed by atoms with Crippen LogP contribution < -0.4 is 16.1 Å². The molecule has 10 nitrogen and oxygen atoms in total. The van der Waals surface area contributed by atoms with Crippen molar-refractivity contribution in [2.75, 3.05) is 32.9 Å². The molecule has 3 amide bonds. The Bertz CT molecular complexity index is 359. The van der Waals surface area contributed by atoms with Crippen molar-refractivity contribution in [2.24, 2.45) is 0 Å². The Labute approximate surface area is 114 Å². The minimum absolute atomic E-state index is 0.287. The van der Waals surface area contributed by atoms with E-state index in [4.69, 9.17) is 5.11 Å². The molecule has 0 unspecified atom stereocenters. The summed E-state index contributed by atoms with van der Waals surface area (Å²) in [7, 11) is 0. The van der Waals surface area contributed by atoms with Gasteiger partial charge in [0.05, 0.1) is 19.7 Å². The molecule has 0 bridgehead atoms. The summed E-state index contributed by atoms with van der Waals surface area (Å²) in [6.45, 7) is 0.274. The zero-order valence-electron chi connectivity index (χ0n) is 10.9. The number of carboxylic acid groups (broad SMARTS) is 1. The molecule has 0 saturated heterocycles. The zero-order chi connectivity index (χ0) is 15.4. The highest BCUT2D eigenvalue weighted by Crippen LogP contribution is 1.76. The molecular weight excluding hydrogens is 274 g/mol. The molecule has 0 fully saturated rings. The molecule has 20 heavy (non-hydrogen) atoms. The van der Waals surface area contributed by atoms with Gasteiger partial charge >= 0.3 is 5.97 Å². The van der Waals surface area contributed by atoms with Gasteiger partial charge in [0.15, 0.2) is 0 Å². The predicted molar refractivity (Wildman–Crippen MR) is 64.2 cm³/mol. The molecule has 0 aliphatic carbocycles. The first-order valence-electron chi connectivity index (χ1n) is 5.69. The van der Waals surface area contributed by atoms with E-state index in [1.54, 1.807) is 6.92 Å². The third-order valence-corrected chi connectivity index (χ3v) is 1.68. The van der Waals surface area contributed by atoms with E-state index in [0.29, 0.717) is 6.61 Å². The van der Waals surface area contributed by atoms with E-state index in [1.807, 2.05) is 0 Å². The molecule has 114 valence electrons. The molecular formula is C10H17N3O7. The minimum Gasteiger partial charge on any atom is -0.480 e. The lowest BCUT2D eigenvalue weighted by Gasteiger charge is -2.07. The monoisotopic (exact) mass is 291 g/mol. The number of hydroxylamine groups is 1. The highest BCUT2D eigenvalue weighted by molar-refractivity contribution is 5.88. The van der Waals surface area contributed by atoms with Crippen LogP contribution in [0.3, 0.4) is 0 Å². The molecule has 0 aromatic carbocycles. The maximum absolute atomic E-state index is 11.2. The summed E-state index contributed by atoms with van der Waals surface area (Å²) in [6, 6.07) is 0. The number of aliphatic carboxylic acids is 1. The summed E-state index contributed by atoms with van der Waals surface area (Å²) in [4.78, 5) is 48.1. The third-order valence-electron chi connectivity index (χ3n) is 1.68. The van der Waals surface area contributed by atoms with E-state index >= 15 is 0 Å². The number of hydrogen-bond acceptors (Lipinski definition) is 6. The maximum Gasteiger partial charge on any atom is 0.329 e. The zero-order valence-corrected chi connectivity index (χ0v) is 10.9. The van der Waals surface area contributed by atoms with Crippen molar-refractivity contribution in [1.29, 1.82) is 0 Å². The number of rotatable bonds is 10. The number of amides is 3. The van der Waals surface area contributed by atoms with Crippen LogP contribution in [0.5, 0.6) is 0 Å². The van der Waals surface area contributed by atoms with Gasteiger partial charge in [-0.1, -0.05) is 0 Å². The normalized spacial score (nSPS) is 9.65. The van der Waals surface area contributed by atoms with Crippen LogP contribution in [0, 0.1) is 0 Å². The highest BCUT2D eigenvalue weighted by atomic mass is 16.6. The van der Waals surface area contributed by atoms with Gasteiger partial charge in [0.25, 0.3) is 5.91 Å². The molecule has 0 radical (unpaired) electrons. The fourth-order valence-corrected chi connectivity index (χ4v) is 0.891. The van der Waals surface area contributed by atoms with Crippen LogP contribution in [0.1, 0.15) is 6.92 Å². The average molecular weight is 291 g/mol. The molecule has 4 N–H and O–H groups in total. The van der Waals surface area contributed by atoms with Crippen LogP contribution in [0.2, 0.25) is 0 Å². The SMILES string of the molecule is CCONC(=O)CNC(=O)CNC(=O)COCC(=O)O. The van der Waals surface area contributed by atoms with Gasteiger partial charge in [0.1, 0.15) is 13.2 Å². The Hall–Kier alpha value is -2.20. The Morgan fingerprint density at radius 3 is 2.15 bits per heavy atom. The fraction of sp³-hybridized carbons (Fsp3) is 0.600. The van der Waals surface area contributed by atoms with Gasteiger partial charge < -0.3 is 20.5 Å². The Morgan fingerprint density at radius 1 is 0.950 bits per heavy atom. The molecule has 10 heteroatoms. The van der Waals surface area contributed by atoms with Gasteiger partial charge in [0, 0.05) is 0 Å². The molecule has 0 saturated carbocycles. The quantitative estimate of drug-likeness (QED) is 0.323. The summed E-state index contributed by atoms with van der Waals surface area (Å²) >= 11 is 0. The van der Waals surface area contributed by atoms with Crippen LogP contribution in [-0.2, 0) is 28.8 Å². The predicted octanol–water partition coefficient (Wildman–Crippen LogP) is -2.61. The fourth-order valence-electron chi connectivity index (χ4n) is 0.891. The van der Waals surface area contributed by atoms with E-state index in [9.17, 15) is 19.2 Å². The molecule has 0 aromatic rings. The molecule has 0 rings (SSSR count). The second-order valence-electron chi connectivity index (χ2n) is 3.40. The number of ether oxygens (including phenoxy) is 1. The van der Waals surface area contributed by atoms with Crippen molar-refractivity contribution in [3.05, 3.63) is 0 Å². The summed E-state index contributed by atoms with van der Waals surface area (Å²) in [5.74, 6) is -2.95. The van der Waals surface area contributed by atoms with Gasteiger partial charge in [0.2, 0.25) is 11.8 Å².